The van der Waals surface area contributed by atoms with Crippen molar-refractivity contribution in [2.75, 3.05) is 32.1 Å². The fourth-order valence-electron chi connectivity index (χ4n) is 1.02. The van der Waals surface area contributed by atoms with Crippen LogP contribution in [-0.4, -0.2) is 27.2 Å². The third kappa shape index (κ3) is 2.50. The zero-order valence-corrected chi connectivity index (χ0v) is 8.74. The molecule has 3 heteroatoms. The van der Waals surface area contributed by atoms with E-state index in [-0.39, 0.29) is 0 Å². The Bertz CT molecular complexity index is 232. The molecule has 1 rings (SSSR count). The van der Waals surface area contributed by atoms with Gasteiger partial charge in [0.1, 0.15) is 0 Å². The molecule has 0 radical (unpaired) electrons. The molecule has 0 unspecified atom stereocenters. The first-order valence-electron chi connectivity index (χ1n) is 4.16. The number of aryl methyl sites for hydroxylation is 1. The summed E-state index contributed by atoms with van der Waals surface area (Å²) in [5.74, 6) is 0. The van der Waals surface area contributed by atoms with E-state index < -0.39 is 0 Å². The number of hydrogen-bond donors (Lipinski definition) is 1. The van der Waals surface area contributed by atoms with E-state index in [1.165, 1.54) is 9.88 Å². The Hall–Kier alpha value is -0.540. The van der Waals surface area contributed by atoms with Gasteiger partial charge < -0.3 is 10.2 Å². The predicted octanol–water partition coefficient (Wildman–Crippen LogP) is 1.71. The molecule has 1 aromatic heterocycles. The Morgan fingerprint density at radius 2 is 2.25 bits per heavy atom. The Morgan fingerprint density at radius 3 is 2.75 bits per heavy atom. The van der Waals surface area contributed by atoms with Crippen molar-refractivity contribution in [2.24, 2.45) is 0 Å². The summed E-state index contributed by atoms with van der Waals surface area (Å²) in [5.41, 5.74) is 0. The van der Waals surface area contributed by atoms with Gasteiger partial charge in [0.05, 0.1) is 5.00 Å². The number of rotatable bonds is 4. The van der Waals surface area contributed by atoms with Gasteiger partial charge in [0.25, 0.3) is 0 Å². The van der Waals surface area contributed by atoms with Gasteiger partial charge in [-0.1, -0.05) is 0 Å². The van der Waals surface area contributed by atoms with E-state index in [0.717, 1.165) is 13.1 Å². The van der Waals surface area contributed by atoms with Crippen LogP contribution in [0.15, 0.2) is 12.1 Å². The highest BCUT2D eigenvalue weighted by Gasteiger charge is 2.01. The highest BCUT2D eigenvalue weighted by molar-refractivity contribution is 7.16. The maximum absolute atomic E-state index is 3.14. The molecule has 0 aliphatic rings. The van der Waals surface area contributed by atoms with Crippen molar-refractivity contribution in [3.8, 4) is 0 Å². The van der Waals surface area contributed by atoms with E-state index in [4.69, 9.17) is 0 Å². The molecule has 0 aromatic carbocycles. The second kappa shape index (κ2) is 4.48. The van der Waals surface area contributed by atoms with Crippen LogP contribution in [0.1, 0.15) is 4.88 Å². The number of anilines is 1. The van der Waals surface area contributed by atoms with Crippen molar-refractivity contribution in [3.63, 3.8) is 0 Å². The summed E-state index contributed by atoms with van der Waals surface area (Å²) < 4.78 is 0. The minimum atomic E-state index is 1.04. The van der Waals surface area contributed by atoms with Crippen molar-refractivity contribution in [3.05, 3.63) is 17.0 Å². The molecule has 0 aliphatic carbocycles. The molecule has 0 aliphatic heterocycles. The number of thiophene rings is 1. The standard InChI is InChI=1S/C9H16N2S/c1-8-4-5-9(12-8)11(3)7-6-10-2/h4-5,10H,6-7H2,1-3H3. The van der Waals surface area contributed by atoms with Gasteiger partial charge in [0.2, 0.25) is 0 Å². The zero-order valence-electron chi connectivity index (χ0n) is 7.92. The molecule has 12 heavy (non-hydrogen) atoms. The fraction of sp³-hybridized carbons (Fsp3) is 0.556. The van der Waals surface area contributed by atoms with Crippen molar-refractivity contribution in [1.82, 2.24) is 5.32 Å². The van der Waals surface area contributed by atoms with Crippen LogP contribution in [0.2, 0.25) is 0 Å². The smallest absolute Gasteiger partial charge is 0.0909 e. The largest absolute Gasteiger partial charge is 0.365 e. The zero-order chi connectivity index (χ0) is 8.97. The van der Waals surface area contributed by atoms with Gasteiger partial charge in [0.15, 0.2) is 0 Å². The normalized spacial score (nSPS) is 10.2. The summed E-state index contributed by atoms with van der Waals surface area (Å²) in [5, 5.41) is 4.49. The van der Waals surface area contributed by atoms with Crippen LogP contribution in [-0.2, 0) is 0 Å². The molecular formula is C9H16N2S. The van der Waals surface area contributed by atoms with Crippen LogP contribution in [0.4, 0.5) is 5.00 Å². The molecular weight excluding hydrogens is 168 g/mol. The average molecular weight is 184 g/mol. The minimum absolute atomic E-state index is 1.04. The Kier molecular flexibility index (Phi) is 3.56. The van der Waals surface area contributed by atoms with Crippen LogP contribution in [0.5, 0.6) is 0 Å². The van der Waals surface area contributed by atoms with Crippen LogP contribution in [0.25, 0.3) is 0 Å². The summed E-state index contributed by atoms with van der Waals surface area (Å²) in [6.45, 7) is 4.24. The summed E-state index contributed by atoms with van der Waals surface area (Å²) in [7, 11) is 4.11. The molecule has 1 heterocycles. The van der Waals surface area contributed by atoms with E-state index in [2.05, 4.69) is 36.3 Å². The van der Waals surface area contributed by atoms with E-state index in [1.54, 1.807) is 0 Å². The molecule has 0 saturated carbocycles. The van der Waals surface area contributed by atoms with E-state index in [9.17, 15) is 0 Å². The highest BCUT2D eigenvalue weighted by atomic mass is 32.1. The summed E-state index contributed by atoms with van der Waals surface area (Å²) in [6, 6.07) is 4.34. The third-order valence-corrected chi connectivity index (χ3v) is 2.91. The highest BCUT2D eigenvalue weighted by Crippen LogP contribution is 2.23. The maximum Gasteiger partial charge on any atom is 0.0909 e. The molecule has 0 atom stereocenters. The molecule has 0 fully saturated rings. The predicted molar refractivity (Wildman–Crippen MR) is 56.3 cm³/mol. The maximum atomic E-state index is 3.14. The Labute approximate surface area is 78.2 Å². The molecule has 1 aromatic rings. The average Bonchev–Trinajstić information content (AvgIpc) is 2.47. The van der Waals surface area contributed by atoms with E-state index >= 15 is 0 Å². The Morgan fingerprint density at radius 1 is 1.50 bits per heavy atom. The molecule has 0 saturated heterocycles. The SMILES string of the molecule is CNCCN(C)c1ccc(C)s1. The van der Waals surface area contributed by atoms with Crippen LogP contribution in [0, 0.1) is 6.92 Å². The number of nitrogens with zero attached hydrogens (tertiary/aromatic N) is 1. The van der Waals surface area contributed by atoms with Gasteiger partial charge >= 0.3 is 0 Å². The molecule has 2 nitrogen and oxygen atoms in total. The lowest BCUT2D eigenvalue weighted by molar-refractivity contribution is 0.771. The van der Waals surface area contributed by atoms with Crippen molar-refractivity contribution in [1.29, 1.82) is 0 Å². The first-order chi connectivity index (χ1) is 5.74. The third-order valence-electron chi connectivity index (χ3n) is 1.80. The van der Waals surface area contributed by atoms with Gasteiger partial charge in [-0.3, -0.25) is 0 Å². The van der Waals surface area contributed by atoms with E-state index in [0.29, 0.717) is 0 Å². The topological polar surface area (TPSA) is 15.3 Å². The van der Waals surface area contributed by atoms with Crippen LogP contribution >= 0.6 is 11.3 Å². The summed E-state index contributed by atoms with van der Waals surface area (Å²) in [6.07, 6.45) is 0. The fourth-order valence-corrected chi connectivity index (χ4v) is 1.87. The number of nitrogens with one attached hydrogen (secondary N) is 1. The molecule has 0 spiro atoms. The Balaban J connectivity index is 2.47. The first-order valence-corrected chi connectivity index (χ1v) is 4.98. The molecule has 1 N–H and O–H groups in total. The van der Waals surface area contributed by atoms with Crippen molar-refractivity contribution >= 4 is 16.3 Å². The lowest BCUT2D eigenvalue weighted by Gasteiger charge is -2.16. The van der Waals surface area contributed by atoms with E-state index in [1.807, 2.05) is 18.4 Å². The molecule has 68 valence electrons. The molecule has 0 bridgehead atoms. The lowest BCUT2D eigenvalue weighted by Crippen LogP contribution is -2.26. The van der Waals surface area contributed by atoms with Gasteiger partial charge in [-0.15, -0.1) is 11.3 Å². The van der Waals surface area contributed by atoms with Gasteiger partial charge in [-0.2, -0.15) is 0 Å². The van der Waals surface area contributed by atoms with Gasteiger partial charge in [-0.05, 0) is 26.1 Å². The minimum Gasteiger partial charge on any atom is -0.365 e. The summed E-state index contributed by atoms with van der Waals surface area (Å²) >= 11 is 1.84. The van der Waals surface area contributed by atoms with Gasteiger partial charge in [-0.25, -0.2) is 0 Å². The first kappa shape index (κ1) is 9.55. The van der Waals surface area contributed by atoms with Crippen LogP contribution < -0.4 is 10.2 Å². The molecule has 0 amide bonds. The van der Waals surface area contributed by atoms with Crippen LogP contribution in [0.3, 0.4) is 0 Å². The lowest BCUT2D eigenvalue weighted by atomic mass is 10.5. The monoisotopic (exact) mass is 184 g/mol. The van der Waals surface area contributed by atoms with Crippen molar-refractivity contribution < 1.29 is 0 Å². The number of likely N-dealkylation sites (N-methyl/N-ethyl adjacent to an activating group) is 2. The second-order valence-corrected chi connectivity index (χ2v) is 4.18. The van der Waals surface area contributed by atoms with Gasteiger partial charge in [0, 0.05) is 25.0 Å². The second-order valence-electron chi connectivity index (χ2n) is 2.91. The van der Waals surface area contributed by atoms with Crippen molar-refractivity contribution in [2.45, 2.75) is 6.92 Å². The quantitative estimate of drug-likeness (QED) is 0.766. The number of hydrogen-bond acceptors (Lipinski definition) is 3. The summed E-state index contributed by atoms with van der Waals surface area (Å²) in [4.78, 5) is 3.65.